The van der Waals surface area contributed by atoms with Crippen LogP contribution in [0, 0.1) is 5.41 Å². The summed E-state index contributed by atoms with van der Waals surface area (Å²) in [4.78, 5) is 19.2. The lowest BCUT2D eigenvalue weighted by Crippen LogP contribution is -2.41. The Morgan fingerprint density at radius 1 is 0.973 bits per heavy atom. The topological polar surface area (TPSA) is 102 Å². The van der Waals surface area contributed by atoms with Crippen LogP contribution in [0.15, 0.2) is 18.3 Å². The predicted octanol–water partition coefficient (Wildman–Crippen LogP) is 6.62. The van der Waals surface area contributed by atoms with Crippen LogP contribution < -0.4 is 10.5 Å². The molecule has 0 bridgehead atoms. The van der Waals surface area contributed by atoms with Crippen molar-refractivity contribution in [3.8, 4) is 5.88 Å². The lowest BCUT2D eigenvalue weighted by molar-refractivity contribution is -0.152. The zero-order valence-corrected chi connectivity index (χ0v) is 23.4. The van der Waals surface area contributed by atoms with Gasteiger partial charge in [0.05, 0.1) is 5.56 Å². The van der Waals surface area contributed by atoms with Gasteiger partial charge in [0.15, 0.2) is 0 Å². The fraction of sp³-hybridized carbons (Fsp3) is 0.767. The highest BCUT2D eigenvalue weighted by molar-refractivity contribution is 5.96. The van der Waals surface area contributed by atoms with Gasteiger partial charge in [0.25, 0.3) is 0 Å². The maximum absolute atomic E-state index is 12.6. The highest BCUT2D eigenvalue weighted by Gasteiger charge is 2.22. The number of likely N-dealkylation sites (tertiary alicyclic amines) is 1. The molecule has 0 saturated carbocycles. The molecule has 0 spiro atoms. The first-order chi connectivity index (χ1) is 18.1. The van der Waals surface area contributed by atoms with E-state index in [4.69, 9.17) is 20.6 Å². The molecule has 3 N–H and O–H groups in total. The third kappa shape index (κ3) is 14.4. The highest BCUT2D eigenvalue weighted by Crippen LogP contribution is 2.17. The number of nitrogen functional groups attached to an aromatic ring is 1. The van der Waals surface area contributed by atoms with E-state index in [0.717, 1.165) is 25.9 Å². The van der Waals surface area contributed by atoms with Crippen molar-refractivity contribution < 1.29 is 14.3 Å². The molecule has 1 aliphatic heterocycles. The molecule has 1 fully saturated rings. The zero-order valence-electron chi connectivity index (χ0n) is 23.4. The second-order valence-corrected chi connectivity index (χ2v) is 10.5. The predicted molar refractivity (Wildman–Crippen MR) is 151 cm³/mol. The lowest BCUT2D eigenvalue weighted by atomic mass is 10.0. The summed E-state index contributed by atoms with van der Waals surface area (Å²) in [7, 11) is 0. The van der Waals surface area contributed by atoms with Crippen LogP contribution in [0.1, 0.15) is 122 Å². The van der Waals surface area contributed by atoms with Gasteiger partial charge in [0, 0.05) is 19.2 Å². The van der Waals surface area contributed by atoms with Gasteiger partial charge in [0.2, 0.25) is 5.88 Å². The van der Waals surface area contributed by atoms with E-state index >= 15 is 0 Å². The van der Waals surface area contributed by atoms with Gasteiger partial charge in [-0.3, -0.25) is 15.1 Å². The van der Waals surface area contributed by atoms with Crippen LogP contribution in [0.25, 0.3) is 0 Å². The Morgan fingerprint density at radius 3 is 2.16 bits per heavy atom. The number of nitrogens with zero attached hydrogens (tertiary/aromatic N) is 2. The van der Waals surface area contributed by atoms with E-state index in [1.807, 2.05) is 0 Å². The molecule has 1 atom stereocenters. The average molecular weight is 517 g/mol. The molecule has 0 radical (unpaired) electrons. The van der Waals surface area contributed by atoms with Gasteiger partial charge in [-0.15, -0.1) is 0 Å². The summed E-state index contributed by atoms with van der Waals surface area (Å²) < 4.78 is 11.8. The Bertz CT molecular complexity index is 752. The number of aromatic nitrogens is 1. The molecule has 0 aromatic carbocycles. The number of pyridine rings is 1. The number of amidine groups is 1. The Balaban J connectivity index is 1.64. The van der Waals surface area contributed by atoms with E-state index in [9.17, 15) is 4.79 Å². The number of unbranched alkanes of at least 4 members (excludes halogenated alkanes) is 12. The lowest BCUT2D eigenvalue weighted by Gasteiger charge is -2.30. The molecule has 1 aromatic rings. The van der Waals surface area contributed by atoms with Gasteiger partial charge >= 0.3 is 5.97 Å². The molecule has 2 heterocycles. The average Bonchev–Trinajstić information content (AvgIpc) is 2.90. The minimum Gasteiger partial charge on any atom is -0.473 e. The van der Waals surface area contributed by atoms with Crippen LogP contribution >= 0.6 is 0 Å². The SMILES string of the molecule is CCCCCCCCCCCCCCCC(=O)OC(COc1ncccc1C(=N)N)CN1CCCCC1. The van der Waals surface area contributed by atoms with Gasteiger partial charge in [-0.2, -0.15) is 0 Å². The number of carbonyl (C=O) groups excluding carboxylic acids is 1. The van der Waals surface area contributed by atoms with Crippen molar-refractivity contribution in [2.75, 3.05) is 26.2 Å². The number of rotatable bonds is 21. The van der Waals surface area contributed by atoms with Gasteiger partial charge < -0.3 is 15.2 Å². The van der Waals surface area contributed by atoms with Gasteiger partial charge in [-0.1, -0.05) is 90.4 Å². The largest absolute Gasteiger partial charge is 0.473 e. The molecule has 0 aliphatic carbocycles. The number of hydrogen-bond acceptors (Lipinski definition) is 6. The summed E-state index contributed by atoms with van der Waals surface area (Å²) >= 11 is 0. The van der Waals surface area contributed by atoms with E-state index in [0.29, 0.717) is 24.4 Å². The Morgan fingerprint density at radius 2 is 1.57 bits per heavy atom. The van der Waals surface area contributed by atoms with Crippen molar-refractivity contribution in [1.29, 1.82) is 5.41 Å². The quantitative estimate of drug-likeness (QED) is 0.0823. The van der Waals surface area contributed by atoms with E-state index < -0.39 is 0 Å². The van der Waals surface area contributed by atoms with Crippen molar-refractivity contribution in [1.82, 2.24) is 9.88 Å². The van der Waals surface area contributed by atoms with Crippen molar-refractivity contribution in [3.63, 3.8) is 0 Å². The van der Waals surface area contributed by atoms with Crippen LogP contribution in [-0.2, 0) is 9.53 Å². The second kappa shape index (κ2) is 19.9. The minimum atomic E-state index is -0.366. The summed E-state index contributed by atoms with van der Waals surface area (Å²) in [6, 6.07) is 3.44. The normalized spacial score (nSPS) is 14.8. The molecule has 210 valence electrons. The second-order valence-electron chi connectivity index (χ2n) is 10.5. The van der Waals surface area contributed by atoms with Crippen molar-refractivity contribution in [2.24, 2.45) is 5.73 Å². The molecule has 1 unspecified atom stereocenters. The third-order valence-electron chi connectivity index (χ3n) is 7.16. The number of nitrogens with two attached hydrogens (primary N) is 1. The summed E-state index contributed by atoms with van der Waals surface area (Å²) in [5.74, 6) is 0.0720. The smallest absolute Gasteiger partial charge is 0.306 e. The van der Waals surface area contributed by atoms with E-state index in [1.54, 1.807) is 18.3 Å². The first-order valence-corrected chi connectivity index (χ1v) is 14.9. The van der Waals surface area contributed by atoms with E-state index in [1.165, 1.54) is 89.9 Å². The molecule has 1 saturated heterocycles. The van der Waals surface area contributed by atoms with E-state index in [-0.39, 0.29) is 24.5 Å². The maximum Gasteiger partial charge on any atom is 0.306 e. The van der Waals surface area contributed by atoms with Crippen LogP contribution in [0.2, 0.25) is 0 Å². The maximum atomic E-state index is 12.6. The summed E-state index contributed by atoms with van der Waals surface area (Å²) in [6.45, 7) is 5.18. The Kier molecular flexibility index (Phi) is 16.7. The molecule has 0 amide bonds. The van der Waals surface area contributed by atoms with E-state index in [2.05, 4.69) is 16.8 Å². The number of esters is 1. The van der Waals surface area contributed by atoms with Gasteiger partial charge in [-0.25, -0.2) is 4.98 Å². The third-order valence-corrected chi connectivity index (χ3v) is 7.16. The molecule has 1 aliphatic rings. The molecule has 37 heavy (non-hydrogen) atoms. The summed E-state index contributed by atoms with van der Waals surface area (Å²) in [6.07, 6.45) is 22.0. The molecule has 1 aromatic heterocycles. The zero-order chi connectivity index (χ0) is 26.6. The molecular formula is C30H52N4O3. The van der Waals surface area contributed by atoms with Crippen LogP contribution in [0.5, 0.6) is 5.88 Å². The number of nitrogens with one attached hydrogen (secondary N) is 1. The van der Waals surface area contributed by atoms with Crippen molar-refractivity contribution in [2.45, 2.75) is 122 Å². The summed E-state index contributed by atoms with van der Waals surface area (Å²) in [5, 5.41) is 7.74. The van der Waals surface area contributed by atoms with Gasteiger partial charge in [-0.05, 0) is 44.5 Å². The molecule has 7 nitrogen and oxygen atoms in total. The molecule has 2 rings (SSSR count). The molecule has 7 heteroatoms. The fourth-order valence-corrected chi connectivity index (χ4v) is 4.97. The first-order valence-electron chi connectivity index (χ1n) is 14.9. The summed E-state index contributed by atoms with van der Waals surface area (Å²) in [5.41, 5.74) is 6.12. The Hall–Kier alpha value is -2.15. The van der Waals surface area contributed by atoms with Crippen molar-refractivity contribution in [3.05, 3.63) is 23.9 Å². The number of ether oxygens (including phenoxy) is 2. The number of piperidine rings is 1. The molecular weight excluding hydrogens is 464 g/mol. The standard InChI is InChI=1S/C30H52N4O3/c1-2-3-4-5-6-7-8-9-10-11-12-13-15-20-28(35)37-26(24-34-22-16-14-17-23-34)25-36-30-27(29(31)32)19-18-21-33-30/h18-19,21,26H,2-17,20,22-25H2,1H3,(H3,31,32). The number of carbonyl (C=O) groups is 1. The first kappa shape index (κ1) is 31.1. The fourth-order valence-electron chi connectivity index (χ4n) is 4.97. The van der Waals surface area contributed by atoms with Crippen LogP contribution in [0.4, 0.5) is 0 Å². The van der Waals surface area contributed by atoms with Gasteiger partial charge in [0.1, 0.15) is 18.5 Å². The van der Waals surface area contributed by atoms with Crippen LogP contribution in [-0.4, -0.2) is 54.0 Å². The minimum absolute atomic E-state index is 0.0879. The Labute approximate surface area is 225 Å². The van der Waals surface area contributed by atoms with Crippen molar-refractivity contribution >= 4 is 11.8 Å². The number of hydrogen-bond donors (Lipinski definition) is 2. The monoisotopic (exact) mass is 516 g/mol. The van der Waals surface area contributed by atoms with Crippen LogP contribution in [0.3, 0.4) is 0 Å². The highest BCUT2D eigenvalue weighted by atomic mass is 16.6.